The molecule has 0 bridgehead atoms. The molecule has 2 fully saturated rings. The summed E-state index contributed by atoms with van der Waals surface area (Å²) in [4.78, 5) is 0. The van der Waals surface area contributed by atoms with E-state index in [9.17, 15) is 0 Å². The van der Waals surface area contributed by atoms with E-state index in [1.54, 1.807) is 51.4 Å². The maximum atomic E-state index is 4.94. The van der Waals surface area contributed by atoms with Gasteiger partial charge in [-0.15, -0.1) is 0 Å². The zero-order valence-electron chi connectivity index (χ0n) is 27.3. The number of halogens is 4. The van der Waals surface area contributed by atoms with Crippen molar-refractivity contribution in [2.24, 2.45) is 0 Å². The van der Waals surface area contributed by atoms with Crippen molar-refractivity contribution in [3.8, 4) is 0 Å². The molecule has 2 aromatic rings. The van der Waals surface area contributed by atoms with Crippen molar-refractivity contribution >= 4 is 53.3 Å². The van der Waals surface area contributed by atoms with Gasteiger partial charge in [-0.1, -0.05) is 47.5 Å². The predicted molar refractivity (Wildman–Crippen MR) is 192 cm³/mol. The molecule has 0 heterocycles. The SMILES string of the molecule is C1CCC([PH2+][PH2+]C2CCCCC2)CC1.C[c-]1[c-](C)[c-](C)[c-](C)[c-]1C.Cc1c(C)c(C)[c-](C)c1C.O.[Cl][Ta][Cl].[Cl][Ta][Cl]. The molecular weight excluding hydrogens is 966 g/mol. The standard InChI is InChI=1S/C12H26P2.2C10H15.4ClH.H2O.2Ta/c1-3-7-11(8-4-1)13-14-12-9-5-2-6-10-12;2*1-6-7(2)9(4)10(5)8(6)3;;;;;;;/h11-12H,1-10,13-14H2;2*1-5H3;4*1H;1H2;;/q+2;-5;-1;;;;;;2*+2/p-4. The quantitative estimate of drug-likeness (QED) is 0.217. The molecule has 244 valence electrons. The van der Waals surface area contributed by atoms with E-state index in [0.717, 1.165) is 16.5 Å². The Morgan fingerprint density at radius 3 is 0.902 bits per heavy atom. The second kappa shape index (κ2) is 26.3. The first-order valence-electron chi connectivity index (χ1n) is 14.8. The predicted octanol–water partition coefficient (Wildman–Crippen LogP) is 12.2. The van der Waals surface area contributed by atoms with Gasteiger partial charge in [-0.25, -0.2) is 34.6 Å². The van der Waals surface area contributed by atoms with E-state index in [4.69, 9.17) is 36.8 Å². The van der Waals surface area contributed by atoms with Crippen LogP contribution < -0.4 is 0 Å². The Morgan fingerprint density at radius 1 is 0.512 bits per heavy atom. The van der Waals surface area contributed by atoms with Gasteiger partial charge in [-0.3, -0.25) is 0 Å². The Morgan fingerprint density at radius 2 is 0.732 bits per heavy atom. The van der Waals surface area contributed by atoms with E-state index in [-0.39, 0.29) is 5.48 Å². The Balaban J connectivity index is 0. The van der Waals surface area contributed by atoms with E-state index >= 15 is 0 Å². The molecule has 0 aliphatic heterocycles. The molecule has 2 aliphatic carbocycles. The zero-order chi connectivity index (χ0) is 30.8. The number of rotatable bonds is 3. The van der Waals surface area contributed by atoms with E-state index in [1.165, 1.54) is 79.8 Å². The van der Waals surface area contributed by atoms with Crippen LogP contribution in [0.4, 0.5) is 0 Å². The molecule has 9 heteroatoms. The van der Waals surface area contributed by atoms with Crippen LogP contribution in [0, 0.1) is 69.2 Å². The molecule has 2 N–H and O–H groups in total. The van der Waals surface area contributed by atoms with Crippen molar-refractivity contribution in [2.75, 3.05) is 0 Å². The third kappa shape index (κ3) is 17.0. The van der Waals surface area contributed by atoms with Gasteiger partial charge in [0.1, 0.15) is 16.5 Å². The summed E-state index contributed by atoms with van der Waals surface area (Å²) >= 11 is -1.78. The second-order valence-corrected chi connectivity index (χ2v) is 25.8. The van der Waals surface area contributed by atoms with Crippen molar-refractivity contribution in [3.63, 3.8) is 0 Å². The molecule has 41 heavy (non-hydrogen) atoms. The van der Waals surface area contributed by atoms with Gasteiger partial charge < -0.3 is 33.3 Å². The van der Waals surface area contributed by atoms with Gasteiger partial charge >= 0.3 is 71.9 Å². The Hall–Kier alpha value is 2.16. The van der Waals surface area contributed by atoms with Gasteiger partial charge in [-0.2, -0.15) is 27.8 Å². The third-order valence-electron chi connectivity index (χ3n) is 9.58. The molecule has 0 aromatic heterocycles. The summed E-state index contributed by atoms with van der Waals surface area (Å²) in [6, 6.07) is 0. The molecule has 4 rings (SSSR count). The summed E-state index contributed by atoms with van der Waals surface area (Å²) in [5.41, 5.74) is 17.1. The van der Waals surface area contributed by atoms with Gasteiger partial charge in [0.15, 0.2) is 0 Å². The van der Waals surface area contributed by atoms with Crippen LogP contribution in [0.1, 0.15) is 120 Å². The van der Waals surface area contributed by atoms with Crippen LogP contribution in [0.2, 0.25) is 0 Å². The van der Waals surface area contributed by atoms with Crippen LogP contribution in [0.15, 0.2) is 0 Å². The van der Waals surface area contributed by atoms with Crippen LogP contribution in [0.3, 0.4) is 0 Å². The topological polar surface area (TPSA) is 31.5 Å². The molecule has 1 nitrogen and oxygen atoms in total. The minimum absolute atomic E-state index is 0. The van der Waals surface area contributed by atoms with Crippen LogP contribution in [-0.2, 0) is 35.2 Å². The van der Waals surface area contributed by atoms with Crippen molar-refractivity contribution in [3.05, 3.63) is 55.6 Å². The summed E-state index contributed by atoms with van der Waals surface area (Å²) in [6.45, 7) is 22.0. The van der Waals surface area contributed by atoms with Crippen LogP contribution in [-0.4, -0.2) is 16.8 Å². The number of hydrogen-bond donors (Lipinski definition) is 0. The van der Waals surface area contributed by atoms with Gasteiger partial charge in [0.05, 0.1) is 11.3 Å². The van der Waals surface area contributed by atoms with Gasteiger partial charge in [0.25, 0.3) is 0 Å². The Labute approximate surface area is 291 Å². The molecular formula is C32H58Cl4OP2Ta2-4. The number of hydrogen-bond acceptors (Lipinski definition) is 0. The summed E-state index contributed by atoms with van der Waals surface area (Å²) in [5.74, 6) is 0. The summed E-state index contributed by atoms with van der Waals surface area (Å²) < 4.78 is 0. The van der Waals surface area contributed by atoms with E-state index in [0.29, 0.717) is 0 Å². The molecule has 2 aliphatic rings. The Kier molecular flexibility index (Phi) is 29.0. The average Bonchev–Trinajstić information content (AvgIpc) is 3.24. The molecule has 0 amide bonds. The summed E-state index contributed by atoms with van der Waals surface area (Å²) in [7, 11) is 21.6. The molecule has 0 saturated heterocycles. The fourth-order valence-electron chi connectivity index (χ4n) is 5.78. The Bertz CT molecular complexity index is 714. The monoisotopic (exact) mass is 1020 g/mol. The van der Waals surface area contributed by atoms with Crippen LogP contribution >= 0.6 is 53.3 Å². The fourth-order valence-corrected chi connectivity index (χ4v) is 12.3. The van der Waals surface area contributed by atoms with E-state index in [1.807, 2.05) is 0 Å². The molecule has 0 spiro atoms. The van der Waals surface area contributed by atoms with Crippen LogP contribution in [0.25, 0.3) is 0 Å². The second-order valence-electron chi connectivity index (χ2n) is 11.6. The first-order chi connectivity index (χ1) is 18.9. The third-order valence-corrected chi connectivity index (χ3v) is 16.2. The minimum atomic E-state index is -0.889. The van der Waals surface area contributed by atoms with Gasteiger partial charge in [0, 0.05) is 0 Å². The van der Waals surface area contributed by atoms with Crippen molar-refractivity contribution in [1.29, 1.82) is 0 Å². The molecule has 2 saturated carbocycles. The van der Waals surface area contributed by atoms with Crippen molar-refractivity contribution in [2.45, 2.75) is 145 Å². The van der Waals surface area contributed by atoms with Crippen LogP contribution in [0.5, 0.6) is 0 Å². The molecule has 0 radical (unpaired) electrons. The van der Waals surface area contributed by atoms with Crippen molar-refractivity contribution in [1.82, 2.24) is 0 Å². The summed E-state index contributed by atoms with van der Waals surface area (Å²) in [5, 5.41) is 0. The summed E-state index contributed by atoms with van der Waals surface area (Å²) in [6.07, 6.45) is 15.7. The first kappa shape index (κ1) is 45.3. The first-order valence-corrected chi connectivity index (χ1v) is 34.7. The molecule has 2 atom stereocenters. The van der Waals surface area contributed by atoms with Gasteiger partial charge in [0.2, 0.25) is 0 Å². The zero-order valence-corrected chi connectivity index (χ0v) is 39.0. The molecule has 2 aromatic carbocycles. The van der Waals surface area contributed by atoms with Crippen molar-refractivity contribution < 1.29 is 40.7 Å². The normalized spacial score (nSPS) is 15.5. The van der Waals surface area contributed by atoms with Gasteiger partial charge in [-0.05, 0) is 51.4 Å². The van der Waals surface area contributed by atoms with E-state index < -0.39 is 35.2 Å². The van der Waals surface area contributed by atoms with E-state index in [2.05, 4.69) is 69.2 Å². The molecule has 2 unspecified atom stereocenters. The fraction of sp³-hybridized carbons (Fsp3) is 0.688. The average molecular weight is 1020 g/mol. The maximum absolute atomic E-state index is 4.94.